The number of thiazole rings is 1. The summed E-state index contributed by atoms with van der Waals surface area (Å²) in [4.78, 5) is 16.4. The Bertz CT molecular complexity index is 827. The lowest BCUT2D eigenvalue weighted by molar-refractivity contribution is -0.115. The second kappa shape index (κ2) is 7.50. The van der Waals surface area contributed by atoms with Crippen molar-refractivity contribution in [3.05, 3.63) is 50.9 Å². The Hall–Kier alpha value is -2.32. The number of nitrogens with zero attached hydrogens (tertiary/aromatic N) is 3. The van der Waals surface area contributed by atoms with Crippen LogP contribution in [0.25, 0.3) is 0 Å². The molecule has 24 heavy (non-hydrogen) atoms. The average molecular weight is 360 g/mol. The SMILES string of the molecule is Cc1ccc(OCc2nc(CC(=O)Nc3nnc(C)s3)cs2)cc1. The molecule has 1 aromatic carbocycles. The van der Waals surface area contributed by atoms with E-state index in [0.29, 0.717) is 11.7 Å². The fraction of sp³-hybridized carbons (Fsp3) is 0.250. The van der Waals surface area contributed by atoms with Gasteiger partial charge in [-0.25, -0.2) is 4.98 Å². The fourth-order valence-electron chi connectivity index (χ4n) is 1.95. The quantitative estimate of drug-likeness (QED) is 0.729. The number of amides is 1. The molecule has 0 unspecified atom stereocenters. The third kappa shape index (κ3) is 4.59. The fourth-order valence-corrected chi connectivity index (χ4v) is 3.26. The molecular formula is C16H16N4O2S2. The van der Waals surface area contributed by atoms with Gasteiger partial charge in [0.1, 0.15) is 22.4 Å². The number of aromatic nitrogens is 3. The van der Waals surface area contributed by atoms with Crippen molar-refractivity contribution in [3.8, 4) is 5.75 Å². The van der Waals surface area contributed by atoms with Gasteiger partial charge in [-0.15, -0.1) is 21.5 Å². The summed E-state index contributed by atoms with van der Waals surface area (Å²) in [6.45, 7) is 4.27. The number of hydrogen-bond donors (Lipinski definition) is 1. The smallest absolute Gasteiger partial charge is 0.232 e. The monoisotopic (exact) mass is 360 g/mol. The zero-order valence-electron chi connectivity index (χ0n) is 13.3. The van der Waals surface area contributed by atoms with Gasteiger partial charge in [0, 0.05) is 5.38 Å². The molecule has 0 aliphatic heterocycles. The highest BCUT2D eigenvalue weighted by atomic mass is 32.1. The Morgan fingerprint density at radius 2 is 2.00 bits per heavy atom. The third-order valence-corrected chi connectivity index (χ3v) is 4.72. The molecule has 8 heteroatoms. The molecule has 0 saturated heterocycles. The molecular weight excluding hydrogens is 344 g/mol. The number of benzene rings is 1. The summed E-state index contributed by atoms with van der Waals surface area (Å²) in [6.07, 6.45) is 0.208. The summed E-state index contributed by atoms with van der Waals surface area (Å²) >= 11 is 2.83. The second-order valence-electron chi connectivity index (χ2n) is 5.19. The van der Waals surface area contributed by atoms with Crippen LogP contribution in [0.5, 0.6) is 5.75 Å². The molecule has 2 heterocycles. The van der Waals surface area contributed by atoms with Gasteiger partial charge in [0.05, 0.1) is 12.1 Å². The lowest BCUT2D eigenvalue weighted by atomic mass is 10.2. The number of carbonyl (C=O) groups excluding carboxylic acids is 1. The number of hydrogen-bond acceptors (Lipinski definition) is 7. The highest BCUT2D eigenvalue weighted by Crippen LogP contribution is 2.17. The molecule has 3 aromatic rings. The predicted molar refractivity (Wildman–Crippen MR) is 94.6 cm³/mol. The van der Waals surface area contributed by atoms with Gasteiger partial charge in [-0.2, -0.15) is 0 Å². The van der Waals surface area contributed by atoms with Crippen molar-refractivity contribution in [2.75, 3.05) is 5.32 Å². The predicted octanol–water partition coefficient (Wildman–Crippen LogP) is 3.37. The molecule has 0 bridgehead atoms. The first-order chi connectivity index (χ1) is 11.6. The van der Waals surface area contributed by atoms with Crippen LogP contribution in [-0.2, 0) is 17.8 Å². The molecule has 2 aromatic heterocycles. The zero-order chi connectivity index (χ0) is 16.9. The standard InChI is InChI=1S/C16H16N4O2S2/c1-10-3-5-13(6-4-10)22-8-15-17-12(9-23-15)7-14(21)18-16-20-19-11(2)24-16/h3-6,9H,7-8H2,1-2H3,(H,18,20,21). The van der Waals surface area contributed by atoms with Crippen LogP contribution in [0.4, 0.5) is 5.13 Å². The minimum atomic E-state index is -0.151. The Kier molecular flexibility index (Phi) is 5.17. The van der Waals surface area contributed by atoms with Crippen LogP contribution >= 0.6 is 22.7 Å². The molecule has 0 aliphatic rings. The van der Waals surface area contributed by atoms with Crippen molar-refractivity contribution in [2.24, 2.45) is 0 Å². The number of anilines is 1. The van der Waals surface area contributed by atoms with E-state index in [1.807, 2.05) is 43.5 Å². The molecule has 3 rings (SSSR count). The molecule has 0 radical (unpaired) electrons. The van der Waals surface area contributed by atoms with Crippen LogP contribution in [0.2, 0.25) is 0 Å². The van der Waals surface area contributed by atoms with Crippen molar-refractivity contribution in [3.63, 3.8) is 0 Å². The van der Waals surface area contributed by atoms with Crippen LogP contribution in [0.15, 0.2) is 29.6 Å². The summed E-state index contributed by atoms with van der Waals surface area (Å²) in [5.41, 5.74) is 1.91. The van der Waals surface area contributed by atoms with Crippen molar-refractivity contribution in [1.29, 1.82) is 0 Å². The molecule has 1 N–H and O–H groups in total. The summed E-state index contributed by atoms with van der Waals surface area (Å²) in [6, 6.07) is 7.87. The molecule has 0 fully saturated rings. The Morgan fingerprint density at radius 1 is 1.21 bits per heavy atom. The van der Waals surface area contributed by atoms with Crippen molar-refractivity contribution >= 4 is 33.7 Å². The Morgan fingerprint density at radius 3 is 2.71 bits per heavy atom. The third-order valence-electron chi connectivity index (χ3n) is 3.10. The van der Waals surface area contributed by atoms with Crippen LogP contribution < -0.4 is 10.1 Å². The lowest BCUT2D eigenvalue weighted by Gasteiger charge is -2.03. The molecule has 1 amide bonds. The van der Waals surface area contributed by atoms with Gasteiger partial charge < -0.3 is 10.1 Å². The van der Waals surface area contributed by atoms with Crippen LogP contribution in [-0.4, -0.2) is 21.1 Å². The van der Waals surface area contributed by atoms with Gasteiger partial charge >= 0.3 is 0 Å². The highest BCUT2D eigenvalue weighted by Gasteiger charge is 2.10. The van der Waals surface area contributed by atoms with E-state index in [1.165, 1.54) is 28.2 Å². The van der Waals surface area contributed by atoms with E-state index in [4.69, 9.17) is 4.74 Å². The van der Waals surface area contributed by atoms with E-state index < -0.39 is 0 Å². The number of carbonyl (C=O) groups is 1. The van der Waals surface area contributed by atoms with E-state index >= 15 is 0 Å². The van der Waals surface area contributed by atoms with Gasteiger partial charge in [0.25, 0.3) is 0 Å². The topological polar surface area (TPSA) is 77.0 Å². The largest absolute Gasteiger partial charge is 0.486 e. The average Bonchev–Trinajstić information content (AvgIpc) is 3.16. The van der Waals surface area contributed by atoms with Crippen LogP contribution in [0.3, 0.4) is 0 Å². The van der Waals surface area contributed by atoms with Gasteiger partial charge in [-0.05, 0) is 26.0 Å². The zero-order valence-corrected chi connectivity index (χ0v) is 14.9. The Balaban J connectivity index is 1.51. The molecule has 0 saturated carbocycles. The summed E-state index contributed by atoms with van der Waals surface area (Å²) in [7, 11) is 0. The number of rotatable bonds is 6. The summed E-state index contributed by atoms with van der Waals surface area (Å²) in [5, 5.41) is 14.5. The number of aryl methyl sites for hydroxylation is 2. The maximum Gasteiger partial charge on any atom is 0.232 e. The van der Waals surface area contributed by atoms with E-state index in [1.54, 1.807) is 0 Å². The second-order valence-corrected chi connectivity index (χ2v) is 7.31. The summed E-state index contributed by atoms with van der Waals surface area (Å²) < 4.78 is 5.69. The molecule has 0 aliphatic carbocycles. The minimum Gasteiger partial charge on any atom is -0.486 e. The van der Waals surface area contributed by atoms with Crippen LogP contribution in [0.1, 0.15) is 21.3 Å². The first-order valence-electron chi connectivity index (χ1n) is 7.31. The normalized spacial score (nSPS) is 10.6. The molecule has 0 spiro atoms. The molecule has 0 atom stereocenters. The highest BCUT2D eigenvalue weighted by molar-refractivity contribution is 7.15. The number of ether oxygens (including phenoxy) is 1. The minimum absolute atomic E-state index is 0.151. The van der Waals surface area contributed by atoms with Gasteiger partial charge in [0.15, 0.2) is 0 Å². The van der Waals surface area contributed by atoms with E-state index in [9.17, 15) is 4.79 Å². The van der Waals surface area contributed by atoms with Crippen molar-refractivity contribution in [2.45, 2.75) is 26.9 Å². The van der Waals surface area contributed by atoms with Gasteiger partial charge in [-0.1, -0.05) is 29.0 Å². The van der Waals surface area contributed by atoms with Gasteiger partial charge in [-0.3, -0.25) is 4.79 Å². The maximum absolute atomic E-state index is 12.0. The molecule has 124 valence electrons. The molecule has 6 nitrogen and oxygen atoms in total. The maximum atomic E-state index is 12.0. The van der Waals surface area contributed by atoms with Crippen molar-refractivity contribution < 1.29 is 9.53 Å². The lowest BCUT2D eigenvalue weighted by Crippen LogP contribution is -2.14. The number of nitrogens with one attached hydrogen (secondary N) is 1. The summed E-state index contributed by atoms with van der Waals surface area (Å²) in [5.74, 6) is 0.657. The van der Waals surface area contributed by atoms with Crippen molar-refractivity contribution in [1.82, 2.24) is 15.2 Å². The first kappa shape index (κ1) is 16.5. The Labute approximate surface area is 147 Å². The first-order valence-corrected chi connectivity index (χ1v) is 9.01. The van der Waals surface area contributed by atoms with Gasteiger partial charge in [0.2, 0.25) is 11.0 Å². The van der Waals surface area contributed by atoms with Crippen LogP contribution in [0, 0.1) is 13.8 Å². The van der Waals surface area contributed by atoms with E-state index in [-0.39, 0.29) is 12.3 Å². The van der Waals surface area contributed by atoms with E-state index in [0.717, 1.165) is 21.5 Å². The van der Waals surface area contributed by atoms with E-state index in [2.05, 4.69) is 20.5 Å².